The minimum atomic E-state index is -0.332. The Morgan fingerprint density at radius 1 is 1.44 bits per heavy atom. The van der Waals surface area contributed by atoms with Crippen molar-refractivity contribution in [3.05, 3.63) is 32.8 Å². The molecule has 1 aliphatic rings. The highest BCUT2D eigenvalue weighted by Crippen LogP contribution is 2.32. The first-order chi connectivity index (χ1) is 8.56. The molecule has 0 amide bonds. The van der Waals surface area contributed by atoms with Crippen molar-refractivity contribution in [3.63, 3.8) is 0 Å². The van der Waals surface area contributed by atoms with E-state index in [-0.39, 0.29) is 10.6 Å². The number of nitro benzene ring substituents is 1. The molecule has 5 heteroatoms. The van der Waals surface area contributed by atoms with Gasteiger partial charge in [0.15, 0.2) is 0 Å². The summed E-state index contributed by atoms with van der Waals surface area (Å²) in [6.45, 7) is 2.24. The first-order valence-electron chi connectivity index (χ1n) is 6.26. The predicted octanol–water partition coefficient (Wildman–Crippen LogP) is 4.35. The van der Waals surface area contributed by atoms with Gasteiger partial charge in [0.25, 0.3) is 5.69 Å². The quantitative estimate of drug-likeness (QED) is 0.667. The zero-order valence-corrected chi connectivity index (χ0v) is 11.9. The number of halogens is 1. The second kappa shape index (κ2) is 5.69. The van der Waals surface area contributed by atoms with E-state index < -0.39 is 0 Å². The van der Waals surface area contributed by atoms with E-state index in [1.165, 1.54) is 12.8 Å². The molecular weight excluding hydrogens is 296 g/mol. The number of hydrogen-bond donors (Lipinski definition) is 1. The molecule has 0 heterocycles. The van der Waals surface area contributed by atoms with Gasteiger partial charge in [0, 0.05) is 16.6 Å². The smallest absolute Gasteiger partial charge is 0.292 e. The van der Waals surface area contributed by atoms with E-state index in [9.17, 15) is 10.1 Å². The number of anilines is 1. The summed E-state index contributed by atoms with van der Waals surface area (Å²) in [7, 11) is 0. The van der Waals surface area contributed by atoms with E-state index in [1.54, 1.807) is 18.2 Å². The summed E-state index contributed by atoms with van der Waals surface area (Å²) in [5.74, 6) is 0.697. The number of rotatable bonds is 3. The number of nitrogens with zero attached hydrogens (tertiary/aromatic N) is 1. The van der Waals surface area contributed by atoms with Crippen LogP contribution in [-0.2, 0) is 0 Å². The molecule has 0 spiro atoms. The van der Waals surface area contributed by atoms with Crippen LogP contribution in [0.25, 0.3) is 0 Å². The average Bonchev–Trinajstić information content (AvgIpc) is 2.28. The first kappa shape index (κ1) is 13.3. The molecule has 4 nitrogen and oxygen atoms in total. The lowest BCUT2D eigenvalue weighted by atomic mass is 9.87. The van der Waals surface area contributed by atoms with Gasteiger partial charge in [-0.1, -0.05) is 35.7 Å². The third kappa shape index (κ3) is 3.22. The highest BCUT2D eigenvalue weighted by Gasteiger charge is 2.22. The van der Waals surface area contributed by atoms with Gasteiger partial charge in [-0.15, -0.1) is 0 Å². The van der Waals surface area contributed by atoms with Crippen LogP contribution < -0.4 is 5.32 Å². The van der Waals surface area contributed by atoms with Gasteiger partial charge in [-0.3, -0.25) is 10.1 Å². The molecule has 2 atom stereocenters. The number of benzene rings is 1. The average molecular weight is 313 g/mol. The van der Waals surface area contributed by atoms with Gasteiger partial charge >= 0.3 is 0 Å². The second-order valence-corrected chi connectivity index (χ2v) is 5.95. The number of nitro groups is 1. The summed E-state index contributed by atoms with van der Waals surface area (Å²) in [6, 6.07) is 5.38. The first-order valence-corrected chi connectivity index (χ1v) is 7.06. The highest BCUT2D eigenvalue weighted by molar-refractivity contribution is 9.10. The fourth-order valence-electron chi connectivity index (χ4n) is 2.57. The monoisotopic (exact) mass is 312 g/mol. The SMILES string of the molecule is CC1CCCC(Nc2cc(Br)ccc2[N+](=O)[O-])C1. The Morgan fingerprint density at radius 3 is 2.89 bits per heavy atom. The topological polar surface area (TPSA) is 55.2 Å². The Kier molecular flexibility index (Phi) is 4.22. The maximum Gasteiger partial charge on any atom is 0.292 e. The maximum atomic E-state index is 11.0. The summed E-state index contributed by atoms with van der Waals surface area (Å²) in [6.07, 6.45) is 4.64. The van der Waals surface area contributed by atoms with Crippen molar-refractivity contribution in [2.75, 3.05) is 5.32 Å². The van der Waals surface area contributed by atoms with Gasteiger partial charge in [-0.05, 0) is 30.9 Å². The van der Waals surface area contributed by atoms with E-state index in [0.29, 0.717) is 17.6 Å². The van der Waals surface area contributed by atoms with Crippen molar-refractivity contribution in [3.8, 4) is 0 Å². The van der Waals surface area contributed by atoms with E-state index >= 15 is 0 Å². The molecule has 1 saturated carbocycles. The van der Waals surface area contributed by atoms with E-state index in [0.717, 1.165) is 17.3 Å². The molecule has 18 heavy (non-hydrogen) atoms. The van der Waals surface area contributed by atoms with Gasteiger partial charge in [0.2, 0.25) is 0 Å². The second-order valence-electron chi connectivity index (χ2n) is 5.03. The molecule has 1 fully saturated rings. The van der Waals surface area contributed by atoms with Crippen LogP contribution in [0.3, 0.4) is 0 Å². The van der Waals surface area contributed by atoms with Gasteiger partial charge in [0.05, 0.1) is 4.92 Å². The lowest BCUT2D eigenvalue weighted by Crippen LogP contribution is -2.26. The van der Waals surface area contributed by atoms with Crippen LogP contribution in [0.2, 0.25) is 0 Å². The third-order valence-corrected chi connectivity index (χ3v) is 3.94. The Labute approximate surface area is 115 Å². The molecular formula is C13H17BrN2O2. The standard InChI is InChI=1S/C13H17BrN2O2/c1-9-3-2-4-11(7-9)15-12-8-10(14)5-6-13(12)16(17)18/h5-6,8-9,11,15H,2-4,7H2,1H3. The summed E-state index contributed by atoms with van der Waals surface area (Å²) in [4.78, 5) is 10.7. The van der Waals surface area contributed by atoms with Gasteiger partial charge in [0.1, 0.15) is 5.69 Å². The van der Waals surface area contributed by atoms with Gasteiger partial charge in [-0.2, -0.15) is 0 Å². The van der Waals surface area contributed by atoms with E-state index in [4.69, 9.17) is 0 Å². The molecule has 0 radical (unpaired) electrons. The molecule has 1 aromatic carbocycles. The van der Waals surface area contributed by atoms with Crippen LogP contribution in [0.15, 0.2) is 22.7 Å². The van der Waals surface area contributed by atoms with Crippen LogP contribution in [-0.4, -0.2) is 11.0 Å². The molecule has 0 saturated heterocycles. The molecule has 0 aliphatic heterocycles. The number of nitrogens with one attached hydrogen (secondary N) is 1. The van der Waals surface area contributed by atoms with Crippen LogP contribution >= 0.6 is 15.9 Å². The van der Waals surface area contributed by atoms with Crippen molar-refractivity contribution >= 4 is 27.3 Å². The van der Waals surface area contributed by atoms with Crippen LogP contribution in [0.4, 0.5) is 11.4 Å². The fourth-order valence-corrected chi connectivity index (χ4v) is 2.93. The van der Waals surface area contributed by atoms with Crippen molar-refractivity contribution < 1.29 is 4.92 Å². The summed E-state index contributed by atoms with van der Waals surface area (Å²) >= 11 is 3.36. The minimum Gasteiger partial charge on any atom is -0.377 e. The van der Waals surface area contributed by atoms with Crippen molar-refractivity contribution in [1.82, 2.24) is 0 Å². The van der Waals surface area contributed by atoms with E-state index in [1.807, 2.05) is 0 Å². The molecule has 2 unspecified atom stereocenters. The lowest BCUT2D eigenvalue weighted by molar-refractivity contribution is -0.384. The molecule has 1 N–H and O–H groups in total. The predicted molar refractivity (Wildman–Crippen MR) is 75.8 cm³/mol. The normalized spacial score (nSPS) is 23.7. The van der Waals surface area contributed by atoms with Crippen LogP contribution in [0.5, 0.6) is 0 Å². The lowest BCUT2D eigenvalue weighted by Gasteiger charge is -2.28. The largest absolute Gasteiger partial charge is 0.377 e. The maximum absolute atomic E-state index is 11.0. The van der Waals surface area contributed by atoms with Gasteiger partial charge < -0.3 is 5.32 Å². The summed E-state index contributed by atoms with van der Waals surface area (Å²) in [5.41, 5.74) is 0.768. The Bertz CT molecular complexity index is 451. The molecule has 98 valence electrons. The van der Waals surface area contributed by atoms with Gasteiger partial charge in [-0.25, -0.2) is 0 Å². The Hall–Kier alpha value is -1.10. The summed E-state index contributed by atoms with van der Waals surface area (Å²) in [5, 5.41) is 14.3. The molecule has 0 bridgehead atoms. The summed E-state index contributed by atoms with van der Waals surface area (Å²) < 4.78 is 0.861. The van der Waals surface area contributed by atoms with Crippen LogP contribution in [0, 0.1) is 16.0 Å². The fraction of sp³-hybridized carbons (Fsp3) is 0.538. The minimum absolute atomic E-state index is 0.149. The Morgan fingerprint density at radius 2 is 2.22 bits per heavy atom. The molecule has 1 aromatic rings. The highest BCUT2D eigenvalue weighted by atomic mass is 79.9. The third-order valence-electron chi connectivity index (χ3n) is 3.45. The molecule has 2 rings (SSSR count). The van der Waals surface area contributed by atoms with Crippen molar-refractivity contribution in [2.45, 2.75) is 38.6 Å². The van der Waals surface area contributed by atoms with Crippen molar-refractivity contribution in [2.24, 2.45) is 5.92 Å². The zero-order valence-electron chi connectivity index (χ0n) is 10.4. The zero-order chi connectivity index (χ0) is 13.1. The van der Waals surface area contributed by atoms with Crippen molar-refractivity contribution in [1.29, 1.82) is 0 Å². The molecule has 0 aromatic heterocycles. The van der Waals surface area contributed by atoms with E-state index in [2.05, 4.69) is 28.2 Å². The Balaban J connectivity index is 2.16. The number of hydrogen-bond acceptors (Lipinski definition) is 3. The van der Waals surface area contributed by atoms with Crippen LogP contribution in [0.1, 0.15) is 32.6 Å². The molecule has 1 aliphatic carbocycles.